The third-order valence-corrected chi connectivity index (χ3v) is 5.98. The van der Waals surface area contributed by atoms with E-state index in [-0.39, 0.29) is 17.2 Å². The van der Waals surface area contributed by atoms with Crippen LogP contribution in [0.4, 0.5) is 27.1 Å². The van der Waals surface area contributed by atoms with Gasteiger partial charge in [0, 0.05) is 18.1 Å². The summed E-state index contributed by atoms with van der Waals surface area (Å²) in [5, 5.41) is 3.85. The van der Waals surface area contributed by atoms with E-state index in [1.807, 2.05) is 0 Å². The molecule has 0 unspecified atom stereocenters. The van der Waals surface area contributed by atoms with Crippen LogP contribution in [-0.2, 0) is 16.6 Å². The molecule has 170 valence electrons. The number of nitrogens with zero attached hydrogens (tertiary/aromatic N) is 1. The standard InChI is InChI=1S/C18H12F5N3O4S2/c19-13-4-1-10(7-15(13)30-18(21,22)23)9-25-16(27)12-3-2-11(8-14(12)20)32(28,29)26-17-24-5-6-31-17/h1-8H,9H2,(H,24,26)(H,25,27). The number of carbonyl (C=O) groups is 1. The number of thiazole rings is 1. The normalized spacial score (nSPS) is 11.8. The smallest absolute Gasteiger partial charge is 0.403 e. The molecule has 1 amide bonds. The average Bonchev–Trinajstić information content (AvgIpc) is 3.19. The molecular formula is C18H12F5N3O4S2. The van der Waals surface area contributed by atoms with Gasteiger partial charge in [-0.1, -0.05) is 6.07 Å². The zero-order valence-electron chi connectivity index (χ0n) is 15.6. The fourth-order valence-electron chi connectivity index (χ4n) is 2.43. The number of alkyl halides is 3. The van der Waals surface area contributed by atoms with Gasteiger partial charge in [-0.05, 0) is 35.9 Å². The fraction of sp³-hybridized carbons (Fsp3) is 0.111. The molecule has 0 aliphatic heterocycles. The maximum atomic E-state index is 14.4. The van der Waals surface area contributed by atoms with Crippen LogP contribution in [0.15, 0.2) is 52.9 Å². The van der Waals surface area contributed by atoms with Gasteiger partial charge in [0.05, 0.1) is 10.5 Å². The van der Waals surface area contributed by atoms with Gasteiger partial charge >= 0.3 is 6.36 Å². The number of sulfonamides is 1. The van der Waals surface area contributed by atoms with Gasteiger partial charge in [-0.15, -0.1) is 24.5 Å². The second kappa shape index (κ2) is 9.08. The van der Waals surface area contributed by atoms with E-state index in [9.17, 15) is 35.2 Å². The first-order chi connectivity index (χ1) is 14.9. The summed E-state index contributed by atoms with van der Waals surface area (Å²) in [4.78, 5) is 15.5. The highest BCUT2D eigenvalue weighted by Crippen LogP contribution is 2.26. The van der Waals surface area contributed by atoms with Gasteiger partial charge in [0.2, 0.25) is 0 Å². The molecule has 3 aromatic rings. The molecule has 3 rings (SSSR count). The number of halogens is 5. The molecular weight excluding hydrogens is 481 g/mol. The van der Waals surface area contributed by atoms with Gasteiger partial charge in [0.1, 0.15) is 5.82 Å². The summed E-state index contributed by atoms with van der Waals surface area (Å²) in [6, 6.07) is 5.13. The van der Waals surface area contributed by atoms with E-state index >= 15 is 0 Å². The molecule has 32 heavy (non-hydrogen) atoms. The van der Waals surface area contributed by atoms with Gasteiger partial charge in [-0.2, -0.15) is 0 Å². The van der Waals surface area contributed by atoms with Crippen LogP contribution in [0.5, 0.6) is 5.75 Å². The monoisotopic (exact) mass is 493 g/mol. The van der Waals surface area contributed by atoms with Crippen molar-refractivity contribution in [3.05, 3.63) is 70.7 Å². The van der Waals surface area contributed by atoms with E-state index in [0.717, 1.165) is 41.7 Å². The van der Waals surface area contributed by atoms with Crippen molar-refractivity contribution in [2.75, 3.05) is 4.72 Å². The van der Waals surface area contributed by atoms with Crippen molar-refractivity contribution in [2.45, 2.75) is 17.8 Å². The highest BCUT2D eigenvalue weighted by molar-refractivity contribution is 7.93. The van der Waals surface area contributed by atoms with Crippen LogP contribution in [0, 0.1) is 11.6 Å². The molecule has 0 fully saturated rings. The van der Waals surface area contributed by atoms with Crippen LogP contribution in [-0.4, -0.2) is 25.7 Å². The molecule has 1 aromatic heterocycles. The van der Waals surface area contributed by atoms with Crippen molar-refractivity contribution in [1.29, 1.82) is 0 Å². The zero-order valence-corrected chi connectivity index (χ0v) is 17.2. The van der Waals surface area contributed by atoms with Gasteiger partial charge in [-0.3, -0.25) is 9.52 Å². The van der Waals surface area contributed by atoms with Crippen molar-refractivity contribution in [3.63, 3.8) is 0 Å². The van der Waals surface area contributed by atoms with Crippen LogP contribution in [0.3, 0.4) is 0 Å². The summed E-state index contributed by atoms with van der Waals surface area (Å²) in [7, 11) is -4.14. The van der Waals surface area contributed by atoms with E-state index in [0.29, 0.717) is 6.07 Å². The predicted octanol–water partition coefficient (Wildman–Crippen LogP) is 4.05. The van der Waals surface area contributed by atoms with Crippen molar-refractivity contribution < 1.29 is 39.9 Å². The molecule has 2 aromatic carbocycles. The predicted molar refractivity (Wildman–Crippen MR) is 104 cm³/mol. The quantitative estimate of drug-likeness (QED) is 0.484. The second-order valence-corrected chi connectivity index (χ2v) is 8.66. The zero-order chi connectivity index (χ0) is 23.5. The second-order valence-electron chi connectivity index (χ2n) is 6.08. The number of hydrogen-bond donors (Lipinski definition) is 2. The van der Waals surface area contributed by atoms with Crippen molar-refractivity contribution in [3.8, 4) is 5.75 Å². The number of hydrogen-bond acceptors (Lipinski definition) is 6. The van der Waals surface area contributed by atoms with E-state index in [1.165, 1.54) is 11.6 Å². The average molecular weight is 493 g/mol. The maximum absolute atomic E-state index is 14.4. The third kappa shape index (κ3) is 5.91. The van der Waals surface area contributed by atoms with Crippen molar-refractivity contribution in [1.82, 2.24) is 10.3 Å². The number of ether oxygens (including phenoxy) is 1. The number of rotatable bonds is 7. The van der Waals surface area contributed by atoms with Crippen LogP contribution < -0.4 is 14.8 Å². The van der Waals surface area contributed by atoms with Gasteiger partial charge < -0.3 is 10.1 Å². The number of benzene rings is 2. The Bertz CT molecular complexity index is 1230. The summed E-state index contributed by atoms with van der Waals surface area (Å²) in [6.45, 7) is -0.377. The summed E-state index contributed by atoms with van der Waals surface area (Å²) >= 11 is 1.01. The number of aromatic nitrogens is 1. The molecule has 0 atom stereocenters. The summed E-state index contributed by atoms with van der Waals surface area (Å²) in [6.07, 6.45) is -3.74. The molecule has 1 heterocycles. The number of amides is 1. The molecule has 0 spiro atoms. The summed E-state index contributed by atoms with van der Waals surface area (Å²) < 4.78 is 95.0. The number of anilines is 1. The van der Waals surface area contributed by atoms with Gasteiger partial charge in [0.15, 0.2) is 16.7 Å². The van der Waals surface area contributed by atoms with Crippen LogP contribution in [0.25, 0.3) is 0 Å². The topological polar surface area (TPSA) is 97.4 Å². The number of carbonyl (C=O) groups excluding carboxylic acids is 1. The van der Waals surface area contributed by atoms with Crippen LogP contribution in [0.1, 0.15) is 15.9 Å². The van der Waals surface area contributed by atoms with Crippen LogP contribution in [0.2, 0.25) is 0 Å². The fourth-order valence-corrected chi connectivity index (χ4v) is 4.23. The largest absolute Gasteiger partial charge is 0.573 e. The Labute approximate surface area is 181 Å². The maximum Gasteiger partial charge on any atom is 0.573 e. The molecule has 7 nitrogen and oxygen atoms in total. The lowest BCUT2D eigenvalue weighted by Crippen LogP contribution is -2.24. The van der Waals surface area contributed by atoms with Crippen molar-refractivity contribution >= 4 is 32.4 Å². The molecule has 0 aliphatic rings. The Morgan fingerprint density at radius 2 is 1.84 bits per heavy atom. The summed E-state index contributed by atoms with van der Waals surface area (Å²) in [5.74, 6) is -4.46. The summed E-state index contributed by atoms with van der Waals surface area (Å²) in [5.41, 5.74) is -0.460. The molecule has 2 N–H and O–H groups in total. The van der Waals surface area contributed by atoms with Gasteiger partial charge in [-0.25, -0.2) is 22.2 Å². The Balaban J connectivity index is 1.70. The van der Waals surface area contributed by atoms with E-state index in [4.69, 9.17) is 0 Å². The van der Waals surface area contributed by atoms with Crippen LogP contribution >= 0.6 is 11.3 Å². The lowest BCUT2D eigenvalue weighted by atomic mass is 10.1. The first kappa shape index (κ1) is 23.4. The highest BCUT2D eigenvalue weighted by Gasteiger charge is 2.32. The number of nitrogens with one attached hydrogen (secondary N) is 2. The molecule has 0 aliphatic carbocycles. The Morgan fingerprint density at radius 1 is 1.09 bits per heavy atom. The lowest BCUT2D eigenvalue weighted by Gasteiger charge is -2.12. The first-order valence-electron chi connectivity index (χ1n) is 8.49. The minimum atomic E-state index is -5.11. The van der Waals surface area contributed by atoms with Crippen molar-refractivity contribution in [2.24, 2.45) is 0 Å². The Hall–Kier alpha value is -3.26. The highest BCUT2D eigenvalue weighted by atomic mass is 32.2. The Morgan fingerprint density at radius 3 is 2.47 bits per heavy atom. The minimum absolute atomic E-state index is 0.0475. The third-order valence-electron chi connectivity index (χ3n) is 3.82. The molecule has 0 radical (unpaired) electrons. The Kier molecular flexibility index (Phi) is 6.64. The molecule has 0 saturated carbocycles. The van der Waals surface area contributed by atoms with Gasteiger partial charge in [0.25, 0.3) is 15.9 Å². The van der Waals surface area contributed by atoms with E-state index in [2.05, 4.69) is 19.8 Å². The minimum Gasteiger partial charge on any atom is -0.403 e. The van der Waals surface area contributed by atoms with E-state index in [1.54, 1.807) is 0 Å². The first-order valence-corrected chi connectivity index (χ1v) is 10.8. The molecule has 0 bridgehead atoms. The SMILES string of the molecule is O=C(NCc1ccc(F)c(OC(F)(F)F)c1)c1ccc(S(=O)(=O)Nc2nccs2)cc1F. The molecule has 14 heteroatoms. The van der Waals surface area contributed by atoms with E-state index < -0.39 is 50.1 Å². The molecule has 0 saturated heterocycles. The lowest BCUT2D eigenvalue weighted by molar-refractivity contribution is -0.275.